The maximum Gasteiger partial charge on any atom is 0.146 e. The first-order valence-electron chi connectivity index (χ1n) is 6.70. The number of halogens is 3. The second kappa shape index (κ2) is 6.38. The number of rotatable bonds is 6. The van der Waals surface area contributed by atoms with Crippen LogP contribution in [0, 0.1) is 5.82 Å². The van der Waals surface area contributed by atoms with Gasteiger partial charge in [0.05, 0.1) is 16.0 Å². The SMILES string of the molecule is Fc1cc(OCc2ccc(CNC3CC3)o2)c(Br)cc1Cl. The molecule has 1 aliphatic carbocycles. The van der Waals surface area contributed by atoms with Gasteiger partial charge in [-0.2, -0.15) is 0 Å². The molecule has 3 rings (SSSR count). The third-order valence-electron chi connectivity index (χ3n) is 3.20. The van der Waals surface area contributed by atoms with Crippen LogP contribution in [0.3, 0.4) is 0 Å². The van der Waals surface area contributed by atoms with Crippen molar-refractivity contribution in [3.8, 4) is 5.75 Å². The Kier molecular flexibility index (Phi) is 4.52. The molecule has 2 aromatic rings. The Balaban J connectivity index is 1.58. The van der Waals surface area contributed by atoms with Crippen molar-refractivity contribution in [2.24, 2.45) is 0 Å². The molecule has 1 fully saturated rings. The fraction of sp³-hybridized carbons (Fsp3) is 0.333. The molecule has 0 spiro atoms. The molecule has 3 nitrogen and oxygen atoms in total. The molecule has 1 saturated carbocycles. The fourth-order valence-corrected chi connectivity index (χ4v) is 2.64. The molecule has 6 heteroatoms. The zero-order chi connectivity index (χ0) is 14.8. The number of nitrogens with one attached hydrogen (secondary N) is 1. The van der Waals surface area contributed by atoms with E-state index in [1.807, 2.05) is 12.1 Å². The van der Waals surface area contributed by atoms with Crippen molar-refractivity contribution >= 4 is 27.5 Å². The van der Waals surface area contributed by atoms with Crippen molar-refractivity contribution in [3.63, 3.8) is 0 Å². The Bertz CT molecular complexity index is 643. The van der Waals surface area contributed by atoms with Crippen LogP contribution in [0.1, 0.15) is 24.4 Å². The average Bonchev–Trinajstić information content (AvgIpc) is 3.18. The van der Waals surface area contributed by atoms with Gasteiger partial charge in [0.15, 0.2) is 0 Å². The van der Waals surface area contributed by atoms with Crippen LogP contribution in [0.15, 0.2) is 33.2 Å². The lowest BCUT2D eigenvalue weighted by Crippen LogP contribution is -2.14. The summed E-state index contributed by atoms with van der Waals surface area (Å²) in [6, 6.07) is 7.16. The molecule has 0 bridgehead atoms. The molecule has 0 radical (unpaired) electrons. The second-order valence-corrected chi connectivity index (χ2v) is 6.27. The summed E-state index contributed by atoms with van der Waals surface area (Å²) in [6.45, 7) is 0.965. The zero-order valence-corrected chi connectivity index (χ0v) is 13.5. The number of ether oxygens (including phenoxy) is 1. The Morgan fingerprint density at radius 1 is 1.33 bits per heavy atom. The van der Waals surface area contributed by atoms with Gasteiger partial charge < -0.3 is 14.5 Å². The van der Waals surface area contributed by atoms with Crippen LogP contribution in [0.2, 0.25) is 5.02 Å². The van der Waals surface area contributed by atoms with E-state index in [4.69, 9.17) is 20.8 Å². The van der Waals surface area contributed by atoms with Crippen molar-refractivity contribution < 1.29 is 13.5 Å². The Morgan fingerprint density at radius 3 is 2.86 bits per heavy atom. The summed E-state index contributed by atoms with van der Waals surface area (Å²) in [7, 11) is 0. The van der Waals surface area contributed by atoms with Crippen LogP contribution >= 0.6 is 27.5 Å². The summed E-state index contributed by atoms with van der Waals surface area (Å²) in [5.41, 5.74) is 0. The fourth-order valence-electron chi connectivity index (χ4n) is 1.89. The van der Waals surface area contributed by atoms with Crippen LogP contribution in [0.25, 0.3) is 0 Å². The van der Waals surface area contributed by atoms with E-state index >= 15 is 0 Å². The van der Waals surface area contributed by atoms with E-state index in [1.165, 1.54) is 25.0 Å². The van der Waals surface area contributed by atoms with Crippen molar-refractivity contribution in [3.05, 3.63) is 51.1 Å². The first-order valence-corrected chi connectivity index (χ1v) is 7.87. The second-order valence-electron chi connectivity index (χ2n) is 5.01. The van der Waals surface area contributed by atoms with Gasteiger partial charge in [0, 0.05) is 12.1 Å². The molecule has 0 saturated heterocycles. The van der Waals surface area contributed by atoms with Crippen LogP contribution in [0.4, 0.5) is 4.39 Å². The predicted molar refractivity (Wildman–Crippen MR) is 82.0 cm³/mol. The van der Waals surface area contributed by atoms with E-state index in [9.17, 15) is 4.39 Å². The Hall–Kier alpha value is -1.04. The molecule has 1 aromatic carbocycles. The molecule has 1 aliphatic rings. The molecule has 21 heavy (non-hydrogen) atoms. The highest BCUT2D eigenvalue weighted by atomic mass is 79.9. The standard InChI is InChI=1S/C15H14BrClFNO2/c16-12-5-13(17)14(18)6-15(12)20-8-11-4-3-10(21-11)7-19-9-1-2-9/h3-6,9,19H,1-2,7-8H2. The summed E-state index contributed by atoms with van der Waals surface area (Å²) >= 11 is 8.98. The van der Waals surface area contributed by atoms with Crippen LogP contribution in [-0.2, 0) is 13.2 Å². The van der Waals surface area contributed by atoms with Gasteiger partial charge in [-0.3, -0.25) is 0 Å². The lowest BCUT2D eigenvalue weighted by molar-refractivity contribution is 0.262. The molecular weight excluding hydrogens is 361 g/mol. The monoisotopic (exact) mass is 373 g/mol. The molecule has 112 valence electrons. The number of benzene rings is 1. The van der Waals surface area contributed by atoms with Crippen molar-refractivity contribution in [1.82, 2.24) is 5.32 Å². The summed E-state index contributed by atoms with van der Waals surface area (Å²) in [6.07, 6.45) is 2.49. The molecule has 1 aromatic heterocycles. The van der Waals surface area contributed by atoms with Crippen molar-refractivity contribution in [2.45, 2.75) is 32.0 Å². The minimum Gasteiger partial charge on any atom is -0.484 e. The lowest BCUT2D eigenvalue weighted by atomic mass is 10.3. The number of hydrogen-bond acceptors (Lipinski definition) is 3. The van der Waals surface area contributed by atoms with Crippen molar-refractivity contribution in [1.29, 1.82) is 0 Å². The lowest BCUT2D eigenvalue weighted by Gasteiger charge is -2.07. The first kappa shape index (κ1) is 14.9. The summed E-state index contributed by atoms with van der Waals surface area (Å²) < 4.78 is 25.2. The van der Waals surface area contributed by atoms with E-state index in [-0.39, 0.29) is 11.6 Å². The van der Waals surface area contributed by atoms with Gasteiger partial charge in [-0.1, -0.05) is 11.6 Å². The third kappa shape index (κ3) is 3.99. The Labute approximate surface area is 135 Å². The van der Waals surface area contributed by atoms with Crippen molar-refractivity contribution in [2.75, 3.05) is 0 Å². The minimum atomic E-state index is -0.511. The minimum absolute atomic E-state index is 0.0562. The Morgan fingerprint density at radius 2 is 2.10 bits per heavy atom. The molecular formula is C15H14BrClFNO2. The molecule has 1 N–H and O–H groups in total. The van der Waals surface area contributed by atoms with Crippen LogP contribution in [-0.4, -0.2) is 6.04 Å². The van der Waals surface area contributed by atoms with Crippen LogP contribution in [0.5, 0.6) is 5.75 Å². The predicted octanol–water partition coefficient (Wildman–Crippen LogP) is 4.67. The van der Waals surface area contributed by atoms with E-state index in [2.05, 4.69) is 21.2 Å². The maximum absolute atomic E-state index is 13.4. The average molecular weight is 375 g/mol. The van der Waals surface area contributed by atoms with Crippen LogP contribution < -0.4 is 10.1 Å². The van der Waals surface area contributed by atoms with E-state index in [0.29, 0.717) is 22.0 Å². The number of hydrogen-bond donors (Lipinski definition) is 1. The number of furan rings is 1. The zero-order valence-electron chi connectivity index (χ0n) is 11.2. The molecule has 1 heterocycles. The largest absolute Gasteiger partial charge is 0.484 e. The molecule has 0 amide bonds. The van der Waals surface area contributed by atoms with Gasteiger partial charge in [-0.15, -0.1) is 0 Å². The smallest absolute Gasteiger partial charge is 0.146 e. The first-order chi connectivity index (χ1) is 10.1. The highest BCUT2D eigenvalue weighted by molar-refractivity contribution is 9.10. The summed E-state index contributed by atoms with van der Waals surface area (Å²) in [5, 5.41) is 3.43. The summed E-state index contributed by atoms with van der Waals surface area (Å²) in [4.78, 5) is 0. The van der Waals surface area contributed by atoms with Gasteiger partial charge in [-0.25, -0.2) is 4.39 Å². The molecule has 0 aliphatic heterocycles. The molecule has 0 unspecified atom stereocenters. The van der Waals surface area contributed by atoms with Gasteiger partial charge in [-0.05, 0) is 47.0 Å². The van der Waals surface area contributed by atoms with Gasteiger partial charge in [0.2, 0.25) is 0 Å². The summed E-state index contributed by atoms with van der Waals surface area (Å²) in [5.74, 6) is 1.46. The highest BCUT2D eigenvalue weighted by Crippen LogP contribution is 2.31. The quantitative estimate of drug-likeness (QED) is 0.746. The highest BCUT2D eigenvalue weighted by Gasteiger charge is 2.20. The van der Waals surface area contributed by atoms with Gasteiger partial charge in [0.25, 0.3) is 0 Å². The van der Waals surface area contributed by atoms with Gasteiger partial charge in [0.1, 0.15) is 29.7 Å². The molecule has 0 atom stereocenters. The topological polar surface area (TPSA) is 34.4 Å². The van der Waals surface area contributed by atoms with E-state index in [0.717, 1.165) is 12.3 Å². The van der Waals surface area contributed by atoms with Gasteiger partial charge >= 0.3 is 0 Å². The van der Waals surface area contributed by atoms with E-state index < -0.39 is 5.82 Å². The third-order valence-corrected chi connectivity index (χ3v) is 4.11. The maximum atomic E-state index is 13.4. The normalized spacial score (nSPS) is 14.4. The van der Waals surface area contributed by atoms with E-state index in [1.54, 1.807) is 0 Å².